The first kappa shape index (κ1) is 14.5. The average molecular weight is 255 g/mol. The summed E-state index contributed by atoms with van der Waals surface area (Å²) in [5.74, 6) is -0.365. The van der Waals surface area contributed by atoms with Gasteiger partial charge in [-0.15, -0.1) is 0 Å². The molecule has 2 N–H and O–H groups in total. The lowest BCUT2D eigenvalue weighted by molar-refractivity contribution is -0.128. The van der Waals surface area contributed by atoms with Gasteiger partial charge >= 0.3 is 0 Å². The van der Waals surface area contributed by atoms with Gasteiger partial charge in [0.2, 0.25) is 17.7 Å². The van der Waals surface area contributed by atoms with E-state index in [2.05, 4.69) is 10.6 Å². The van der Waals surface area contributed by atoms with E-state index < -0.39 is 11.6 Å². The van der Waals surface area contributed by atoms with Crippen LogP contribution in [0.5, 0.6) is 0 Å². The van der Waals surface area contributed by atoms with Crippen LogP contribution in [0.3, 0.4) is 0 Å². The number of nitrogens with one attached hydrogen (secondary N) is 2. The SMILES string of the molecule is CCC1(C)C(=O)N1C(CCC(=O)NC)C(=O)NC. The Morgan fingerprint density at radius 2 is 1.94 bits per heavy atom. The van der Waals surface area contributed by atoms with E-state index in [9.17, 15) is 14.4 Å². The van der Waals surface area contributed by atoms with Crippen LogP contribution in [0, 0.1) is 0 Å². The minimum absolute atomic E-state index is 0.0180. The van der Waals surface area contributed by atoms with Gasteiger partial charge in [0.05, 0.1) is 0 Å². The van der Waals surface area contributed by atoms with Gasteiger partial charge in [0.25, 0.3) is 0 Å². The Hall–Kier alpha value is -1.59. The van der Waals surface area contributed by atoms with Gasteiger partial charge in [-0.2, -0.15) is 0 Å². The van der Waals surface area contributed by atoms with Gasteiger partial charge < -0.3 is 15.5 Å². The third kappa shape index (κ3) is 2.47. The van der Waals surface area contributed by atoms with Crippen LogP contribution in [0.4, 0.5) is 0 Å². The summed E-state index contributed by atoms with van der Waals surface area (Å²) in [5.41, 5.74) is -0.542. The second-order valence-corrected chi connectivity index (χ2v) is 4.64. The second kappa shape index (κ2) is 5.37. The summed E-state index contributed by atoms with van der Waals surface area (Å²) in [6.07, 6.45) is 1.25. The zero-order chi connectivity index (χ0) is 13.9. The van der Waals surface area contributed by atoms with Crippen LogP contribution < -0.4 is 10.6 Å². The highest BCUT2D eigenvalue weighted by molar-refractivity contribution is 6.05. The summed E-state index contributed by atoms with van der Waals surface area (Å²) in [5, 5.41) is 5.05. The fourth-order valence-corrected chi connectivity index (χ4v) is 2.11. The summed E-state index contributed by atoms with van der Waals surface area (Å²) in [4.78, 5) is 36.4. The number of hydrogen-bond acceptors (Lipinski definition) is 3. The summed E-state index contributed by atoms with van der Waals surface area (Å²) in [6, 6.07) is -0.551. The maximum Gasteiger partial charge on any atom is 0.249 e. The largest absolute Gasteiger partial charge is 0.359 e. The van der Waals surface area contributed by atoms with E-state index in [0.29, 0.717) is 12.8 Å². The second-order valence-electron chi connectivity index (χ2n) is 4.64. The molecule has 6 nitrogen and oxygen atoms in total. The fraction of sp³-hybridized carbons (Fsp3) is 0.750. The molecule has 0 radical (unpaired) electrons. The molecule has 6 heteroatoms. The minimum Gasteiger partial charge on any atom is -0.359 e. The van der Waals surface area contributed by atoms with Crippen molar-refractivity contribution in [2.75, 3.05) is 14.1 Å². The lowest BCUT2D eigenvalue weighted by Crippen LogP contribution is -2.40. The maximum absolute atomic E-state index is 11.8. The Balaban J connectivity index is 2.72. The molecule has 2 unspecified atom stereocenters. The van der Waals surface area contributed by atoms with Gasteiger partial charge in [-0.05, 0) is 19.8 Å². The first-order valence-electron chi connectivity index (χ1n) is 6.18. The summed E-state index contributed by atoms with van der Waals surface area (Å²) in [6.45, 7) is 3.74. The van der Waals surface area contributed by atoms with E-state index in [1.165, 1.54) is 7.05 Å². The topological polar surface area (TPSA) is 78.3 Å². The molecule has 1 aliphatic rings. The van der Waals surface area contributed by atoms with Gasteiger partial charge in [-0.3, -0.25) is 14.4 Å². The molecule has 1 rings (SSSR count). The van der Waals surface area contributed by atoms with Crippen molar-refractivity contribution in [3.8, 4) is 0 Å². The number of amides is 3. The smallest absolute Gasteiger partial charge is 0.249 e. The molecule has 0 saturated carbocycles. The number of carbonyl (C=O) groups excluding carboxylic acids is 3. The first-order chi connectivity index (χ1) is 8.42. The molecule has 0 aromatic rings. The molecule has 0 aromatic heterocycles. The van der Waals surface area contributed by atoms with Crippen LogP contribution in [0.2, 0.25) is 0 Å². The van der Waals surface area contributed by atoms with E-state index in [0.717, 1.165) is 0 Å². The number of nitrogens with zero attached hydrogens (tertiary/aromatic N) is 1. The Bertz CT molecular complexity index is 370. The van der Waals surface area contributed by atoms with Crippen molar-refractivity contribution in [3.05, 3.63) is 0 Å². The molecule has 0 aliphatic carbocycles. The predicted molar refractivity (Wildman–Crippen MR) is 66.7 cm³/mol. The number of hydrogen-bond donors (Lipinski definition) is 2. The van der Waals surface area contributed by atoms with Crippen molar-refractivity contribution in [1.82, 2.24) is 15.5 Å². The van der Waals surface area contributed by atoms with E-state index in [-0.39, 0.29) is 24.1 Å². The molecule has 102 valence electrons. The molecule has 3 amide bonds. The molecule has 1 heterocycles. The third-order valence-electron chi connectivity index (χ3n) is 3.63. The highest BCUT2D eigenvalue weighted by Gasteiger charge is 2.61. The van der Waals surface area contributed by atoms with Gasteiger partial charge in [-0.1, -0.05) is 6.92 Å². The lowest BCUT2D eigenvalue weighted by atomic mass is 10.1. The van der Waals surface area contributed by atoms with E-state index in [1.54, 1.807) is 11.9 Å². The van der Waals surface area contributed by atoms with Crippen molar-refractivity contribution in [1.29, 1.82) is 0 Å². The zero-order valence-electron chi connectivity index (χ0n) is 11.4. The Labute approximate surface area is 107 Å². The predicted octanol–water partition coefficient (Wildman–Crippen LogP) is -0.362. The molecule has 0 aromatic carbocycles. The number of likely N-dealkylation sites (N-methyl/N-ethyl adjacent to an activating group) is 1. The molecule has 0 bridgehead atoms. The third-order valence-corrected chi connectivity index (χ3v) is 3.63. The molecule has 0 spiro atoms. The van der Waals surface area contributed by atoms with Gasteiger partial charge in [0.1, 0.15) is 11.6 Å². The van der Waals surface area contributed by atoms with Crippen molar-refractivity contribution in [2.24, 2.45) is 0 Å². The van der Waals surface area contributed by atoms with Crippen LogP contribution in [-0.2, 0) is 14.4 Å². The van der Waals surface area contributed by atoms with Crippen molar-refractivity contribution in [2.45, 2.75) is 44.7 Å². The van der Waals surface area contributed by atoms with Crippen molar-refractivity contribution >= 4 is 17.7 Å². The Kier molecular flexibility index (Phi) is 4.32. The van der Waals surface area contributed by atoms with E-state index in [4.69, 9.17) is 0 Å². The van der Waals surface area contributed by atoms with Gasteiger partial charge in [-0.25, -0.2) is 0 Å². The van der Waals surface area contributed by atoms with Crippen LogP contribution in [-0.4, -0.2) is 48.3 Å². The quantitative estimate of drug-likeness (QED) is 0.636. The standard InChI is InChI=1S/C12H21N3O3/c1-5-12(2)11(18)15(12)8(10(17)14-4)6-7-9(16)13-3/h8H,5-7H2,1-4H3,(H,13,16)(H,14,17). The summed E-state index contributed by atoms with van der Waals surface area (Å²) in [7, 11) is 3.09. The zero-order valence-corrected chi connectivity index (χ0v) is 11.4. The Morgan fingerprint density at radius 1 is 1.33 bits per heavy atom. The fourth-order valence-electron chi connectivity index (χ4n) is 2.11. The van der Waals surface area contributed by atoms with Crippen LogP contribution in [0.25, 0.3) is 0 Å². The first-order valence-corrected chi connectivity index (χ1v) is 6.18. The van der Waals surface area contributed by atoms with E-state index in [1.807, 2.05) is 13.8 Å². The average Bonchev–Trinajstić information content (AvgIpc) is 2.92. The normalized spacial score (nSPS) is 23.6. The van der Waals surface area contributed by atoms with Crippen molar-refractivity contribution in [3.63, 3.8) is 0 Å². The van der Waals surface area contributed by atoms with E-state index >= 15 is 0 Å². The van der Waals surface area contributed by atoms with Crippen LogP contribution in [0.1, 0.15) is 33.1 Å². The highest BCUT2D eigenvalue weighted by Crippen LogP contribution is 2.40. The lowest BCUT2D eigenvalue weighted by Gasteiger charge is -2.19. The molecular weight excluding hydrogens is 234 g/mol. The van der Waals surface area contributed by atoms with Crippen LogP contribution >= 0.6 is 0 Å². The molecule has 2 atom stereocenters. The van der Waals surface area contributed by atoms with Gasteiger partial charge in [0, 0.05) is 20.5 Å². The Morgan fingerprint density at radius 3 is 2.33 bits per heavy atom. The molecular formula is C12H21N3O3. The molecule has 18 heavy (non-hydrogen) atoms. The van der Waals surface area contributed by atoms with Crippen LogP contribution in [0.15, 0.2) is 0 Å². The number of carbonyl (C=O) groups is 3. The number of rotatable bonds is 6. The van der Waals surface area contributed by atoms with Gasteiger partial charge in [0.15, 0.2) is 0 Å². The molecule has 1 fully saturated rings. The summed E-state index contributed by atoms with van der Waals surface area (Å²) >= 11 is 0. The molecule has 1 saturated heterocycles. The molecule has 1 aliphatic heterocycles. The monoisotopic (exact) mass is 255 g/mol. The maximum atomic E-state index is 11.8. The minimum atomic E-state index is -0.551. The highest BCUT2D eigenvalue weighted by atomic mass is 16.2. The van der Waals surface area contributed by atoms with Crippen molar-refractivity contribution < 1.29 is 14.4 Å². The summed E-state index contributed by atoms with van der Waals surface area (Å²) < 4.78 is 0.